The average Bonchev–Trinajstić information content (AvgIpc) is 2.63. The van der Waals surface area contributed by atoms with Crippen LogP contribution in [0.4, 0.5) is 16.2 Å². The van der Waals surface area contributed by atoms with Crippen molar-refractivity contribution in [3.63, 3.8) is 0 Å². The summed E-state index contributed by atoms with van der Waals surface area (Å²) >= 11 is 2.33. The van der Waals surface area contributed by atoms with E-state index in [4.69, 9.17) is 0 Å². The van der Waals surface area contributed by atoms with Gasteiger partial charge in [-0.05, 0) is 71.3 Å². The first-order valence-corrected chi connectivity index (χ1v) is 9.46. The van der Waals surface area contributed by atoms with Gasteiger partial charge in [0.15, 0.2) is 0 Å². The van der Waals surface area contributed by atoms with Gasteiger partial charge in [0.05, 0.1) is 5.69 Å². The minimum absolute atomic E-state index is 0.0430. The molecule has 0 unspecified atom stereocenters. The minimum Gasteiger partial charge on any atom is -0.371 e. The van der Waals surface area contributed by atoms with Crippen molar-refractivity contribution in [3.05, 3.63) is 57.7 Å². The van der Waals surface area contributed by atoms with Gasteiger partial charge in [0.2, 0.25) is 0 Å². The molecule has 2 aliphatic heterocycles. The van der Waals surface area contributed by atoms with Crippen molar-refractivity contribution >= 4 is 40.0 Å². The summed E-state index contributed by atoms with van der Waals surface area (Å²) in [6.07, 6.45) is 1.99. The second kappa shape index (κ2) is 6.63. The Balaban J connectivity index is 1.50. The Morgan fingerprint density at radius 2 is 1.71 bits per heavy atom. The molecule has 4 rings (SSSR count). The Morgan fingerprint density at radius 1 is 1.00 bits per heavy atom. The van der Waals surface area contributed by atoms with Crippen LogP contribution in [0, 0.1) is 3.57 Å². The fourth-order valence-corrected chi connectivity index (χ4v) is 4.02. The summed E-state index contributed by atoms with van der Waals surface area (Å²) in [5.41, 5.74) is 3.56. The first-order valence-electron chi connectivity index (χ1n) is 8.38. The lowest BCUT2D eigenvalue weighted by atomic mass is 9.99. The monoisotopic (exact) mass is 433 g/mol. The summed E-state index contributed by atoms with van der Waals surface area (Å²) in [4.78, 5) is 16.8. The number of hydrogen-bond acceptors (Lipinski definition) is 2. The summed E-state index contributed by atoms with van der Waals surface area (Å²) in [5.74, 6) is 0. The molecule has 0 bridgehead atoms. The van der Waals surface area contributed by atoms with Crippen LogP contribution in [0.1, 0.15) is 18.4 Å². The number of nitrogens with one attached hydrogen (secondary N) is 1. The van der Waals surface area contributed by atoms with E-state index in [1.165, 1.54) is 14.8 Å². The lowest BCUT2D eigenvalue weighted by Gasteiger charge is -2.41. The molecule has 0 aromatic heterocycles. The van der Waals surface area contributed by atoms with Gasteiger partial charge in [-0.2, -0.15) is 0 Å². The molecule has 1 N–H and O–H groups in total. The number of anilines is 2. The van der Waals surface area contributed by atoms with Gasteiger partial charge in [0, 0.05) is 34.9 Å². The van der Waals surface area contributed by atoms with Crippen LogP contribution in [0.5, 0.6) is 0 Å². The summed E-state index contributed by atoms with van der Waals surface area (Å²) in [7, 11) is 0. The number of urea groups is 1. The fourth-order valence-electron chi connectivity index (χ4n) is 3.66. The lowest BCUT2D eigenvalue weighted by molar-refractivity contribution is 0.240. The molecule has 0 radical (unpaired) electrons. The van der Waals surface area contributed by atoms with Gasteiger partial charge in [-0.3, -0.25) is 4.90 Å². The van der Waals surface area contributed by atoms with Gasteiger partial charge in [-0.1, -0.05) is 18.2 Å². The molecule has 2 heterocycles. The molecule has 2 amide bonds. The molecule has 0 atom stereocenters. The Morgan fingerprint density at radius 3 is 2.46 bits per heavy atom. The molecule has 5 heteroatoms. The highest BCUT2D eigenvalue weighted by molar-refractivity contribution is 14.1. The Hall–Kier alpha value is -1.76. The largest absolute Gasteiger partial charge is 0.371 e. The highest BCUT2D eigenvalue weighted by atomic mass is 127. The molecule has 4 nitrogen and oxygen atoms in total. The second-order valence-electron chi connectivity index (χ2n) is 6.35. The minimum atomic E-state index is 0.0430. The quantitative estimate of drug-likeness (QED) is 0.728. The Labute approximate surface area is 156 Å². The number of rotatable bonds is 2. The summed E-state index contributed by atoms with van der Waals surface area (Å²) in [6, 6.07) is 17.2. The Bertz CT molecular complexity index is 739. The number of fused-ring (bicyclic) bond motifs is 1. The molecule has 1 saturated heterocycles. The molecule has 0 aliphatic carbocycles. The van der Waals surface area contributed by atoms with Crippen LogP contribution in [0.15, 0.2) is 48.5 Å². The van der Waals surface area contributed by atoms with E-state index in [1.807, 2.05) is 17.0 Å². The van der Waals surface area contributed by atoms with Crippen LogP contribution >= 0.6 is 22.6 Å². The summed E-state index contributed by atoms with van der Waals surface area (Å²) < 4.78 is 1.26. The van der Waals surface area contributed by atoms with Crippen LogP contribution in [-0.2, 0) is 6.54 Å². The van der Waals surface area contributed by atoms with E-state index in [0.717, 1.165) is 31.6 Å². The van der Waals surface area contributed by atoms with E-state index in [0.29, 0.717) is 6.54 Å². The van der Waals surface area contributed by atoms with Crippen LogP contribution in [0.2, 0.25) is 0 Å². The molecular formula is C19H20IN3O. The van der Waals surface area contributed by atoms with Gasteiger partial charge < -0.3 is 10.2 Å². The number of para-hydroxylation sites is 1. The number of hydrogen-bond donors (Lipinski definition) is 1. The van der Waals surface area contributed by atoms with E-state index in [1.54, 1.807) is 0 Å². The normalized spacial score (nSPS) is 18.3. The first-order chi connectivity index (χ1) is 11.7. The zero-order chi connectivity index (χ0) is 16.5. The standard InChI is InChI=1S/C19H20IN3O/c20-15-5-7-16(8-6-15)22-11-9-17(10-12-22)23-18-4-2-1-3-14(18)13-21-19(23)24/h1-8,17H,9-13H2,(H,21,24). The van der Waals surface area contributed by atoms with Gasteiger partial charge >= 0.3 is 6.03 Å². The van der Waals surface area contributed by atoms with Gasteiger partial charge in [-0.15, -0.1) is 0 Å². The predicted molar refractivity (Wildman–Crippen MR) is 106 cm³/mol. The van der Waals surface area contributed by atoms with Crippen LogP contribution in [0.25, 0.3) is 0 Å². The maximum atomic E-state index is 12.4. The third kappa shape index (κ3) is 2.97. The van der Waals surface area contributed by atoms with Crippen molar-refractivity contribution in [2.24, 2.45) is 0 Å². The molecule has 0 saturated carbocycles. The number of amides is 2. The third-order valence-electron chi connectivity index (χ3n) is 4.92. The molecule has 124 valence electrons. The van der Waals surface area contributed by atoms with Gasteiger partial charge in [-0.25, -0.2) is 4.79 Å². The maximum Gasteiger partial charge on any atom is 0.322 e. The van der Waals surface area contributed by atoms with Crippen molar-refractivity contribution < 1.29 is 4.79 Å². The SMILES string of the molecule is O=C1NCc2ccccc2N1C1CCN(c2ccc(I)cc2)CC1. The number of piperidine rings is 1. The smallest absolute Gasteiger partial charge is 0.322 e. The van der Waals surface area contributed by atoms with Crippen LogP contribution < -0.4 is 15.1 Å². The van der Waals surface area contributed by atoms with E-state index >= 15 is 0 Å². The van der Waals surface area contributed by atoms with Crippen molar-refractivity contribution in [1.29, 1.82) is 0 Å². The maximum absolute atomic E-state index is 12.4. The number of nitrogens with zero attached hydrogens (tertiary/aromatic N) is 2. The second-order valence-corrected chi connectivity index (χ2v) is 7.60. The zero-order valence-electron chi connectivity index (χ0n) is 13.4. The van der Waals surface area contributed by atoms with Gasteiger partial charge in [0.25, 0.3) is 0 Å². The molecule has 0 spiro atoms. The molecule has 2 aromatic rings. The highest BCUT2D eigenvalue weighted by Gasteiger charge is 2.32. The van der Waals surface area contributed by atoms with E-state index in [2.05, 4.69) is 69.2 Å². The Kier molecular flexibility index (Phi) is 4.35. The van der Waals surface area contributed by atoms with Crippen LogP contribution in [-0.4, -0.2) is 25.2 Å². The number of halogens is 1. The highest BCUT2D eigenvalue weighted by Crippen LogP contribution is 2.31. The fraction of sp³-hybridized carbons (Fsp3) is 0.316. The topological polar surface area (TPSA) is 35.6 Å². The molecule has 2 aliphatic rings. The van der Waals surface area contributed by atoms with E-state index in [9.17, 15) is 4.79 Å². The van der Waals surface area contributed by atoms with Crippen LogP contribution in [0.3, 0.4) is 0 Å². The predicted octanol–water partition coefficient (Wildman–Crippen LogP) is 3.99. The van der Waals surface area contributed by atoms with Crippen molar-refractivity contribution in [1.82, 2.24) is 5.32 Å². The molecule has 24 heavy (non-hydrogen) atoms. The number of benzene rings is 2. The van der Waals surface area contributed by atoms with Gasteiger partial charge in [0.1, 0.15) is 0 Å². The third-order valence-corrected chi connectivity index (χ3v) is 5.64. The molecule has 1 fully saturated rings. The number of carbonyl (C=O) groups is 1. The summed E-state index contributed by atoms with van der Waals surface area (Å²) in [6.45, 7) is 2.60. The van der Waals surface area contributed by atoms with E-state index < -0.39 is 0 Å². The van der Waals surface area contributed by atoms with E-state index in [-0.39, 0.29) is 12.1 Å². The zero-order valence-corrected chi connectivity index (χ0v) is 15.6. The van der Waals surface area contributed by atoms with Crippen molar-refractivity contribution in [2.45, 2.75) is 25.4 Å². The van der Waals surface area contributed by atoms with Crippen molar-refractivity contribution in [3.8, 4) is 0 Å². The average molecular weight is 433 g/mol. The number of carbonyl (C=O) groups excluding carboxylic acids is 1. The first kappa shape index (κ1) is 15.7. The van der Waals surface area contributed by atoms with Crippen molar-refractivity contribution in [2.75, 3.05) is 22.9 Å². The summed E-state index contributed by atoms with van der Waals surface area (Å²) in [5, 5.41) is 3.01. The molecular weight excluding hydrogens is 413 g/mol. The lowest BCUT2D eigenvalue weighted by Crippen LogP contribution is -2.53. The molecule has 2 aromatic carbocycles.